The highest BCUT2D eigenvalue weighted by atomic mass is 16.5. The van der Waals surface area contributed by atoms with Gasteiger partial charge in [-0.2, -0.15) is 0 Å². The molecule has 22 heavy (non-hydrogen) atoms. The summed E-state index contributed by atoms with van der Waals surface area (Å²) in [5.74, 6) is -0.0630. The normalized spacial score (nSPS) is 10.8. The lowest BCUT2D eigenvalue weighted by Crippen LogP contribution is -2.05. The topological polar surface area (TPSA) is 39.4 Å². The lowest BCUT2D eigenvalue weighted by Gasteiger charge is -2.04. The van der Waals surface area contributed by atoms with Gasteiger partial charge in [0.15, 0.2) is 0 Å². The molecule has 1 heterocycles. The van der Waals surface area contributed by atoms with Gasteiger partial charge in [-0.1, -0.05) is 77.6 Å². The molecule has 0 aliphatic carbocycles. The van der Waals surface area contributed by atoms with E-state index in [0.29, 0.717) is 12.4 Å². The van der Waals surface area contributed by atoms with Crippen molar-refractivity contribution in [3.05, 3.63) is 24.2 Å². The standard InChI is InChI=1S/C19H32O3/c1-2-3-4-5-6-7-8-9-10-11-12-13-16-22-19(20)18-15-14-17-21-18/h14-15,17H,2-13,16H2,1H3. The molecule has 0 aromatic carbocycles. The zero-order valence-electron chi connectivity index (χ0n) is 14.1. The van der Waals surface area contributed by atoms with Crippen LogP contribution in [0, 0.1) is 0 Å². The van der Waals surface area contributed by atoms with Gasteiger partial charge >= 0.3 is 5.97 Å². The molecule has 3 nitrogen and oxygen atoms in total. The van der Waals surface area contributed by atoms with E-state index < -0.39 is 0 Å². The molecule has 0 aliphatic heterocycles. The molecule has 1 aromatic rings. The Morgan fingerprint density at radius 3 is 1.95 bits per heavy atom. The van der Waals surface area contributed by atoms with Crippen LogP contribution in [0.25, 0.3) is 0 Å². The zero-order valence-corrected chi connectivity index (χ0v) is 14.1. The van der Waals surface area contributed by atoms with E-state index in [0.717, 1.165) is 12.8 Å². The Morgan fingerprint density at radius 2 is 1.45 bits per heavy atom. The Hall–Kier alpha value is -1.25. The third-order valence-electron chi connectivity index (χ3n) is 3.95. The lowest BCUT2D eigenvalue weighted by molar-refractivity contribution is 0.0461. The molecule has 0 radical (unpaired) electrons. The first-order valence-corrected chi connectivity index (χ1v) is 9.05. The van der Waals surface area contributed by atoms with E-state index in [4.69, 9.17) is 9.15 Å². The second kappa shape index (κ2) is 13.4. The number of unbranched alkanes of at least 4 members (excludes halogenated alkanes) is 11. The Morgan fingerprint density at radius 1 is 0.909 bits per heavy atom. The van der Waals surface area contributed by atoms with Gasteiger partial charge in [0.1, 0.15) is 0 Å². The minimum absolute atomic E-state index is 0.291. The van der Waals surface area contributed by atoms with E-state index in [1.165, 1.54) is 70.5 Å². The van der Waals surface area contributed by atoms with Crippen LogP contribution in [0.1, 0.15) is 94.5 Å². The van der Waals surface area contributed by atoms with Crippen molar-refractivity contribution < 1.29 is 13.9 Å². The van der Waals surface area contributed by atoms with E-state index in [1.54, 1.807) is 12.1 Å². The maximum absolute atomic E-state index is 11.5. The summed E-state index contributed by atoms with van der Waals surface area (Å²) in [5.41, 5.74) is 0. The molecule has 0 N–H and O–H groups in total. The van der Waals surface area contributed by atoms with Crippen LogP contribution in [0.4, 0.5) is 0 Å². The van der Waals surface area contributed by atoms with Gasteiger partial charge in [0, 0.05) is 0 Å². The van der Waals surface area contributed by atoms with Crippen molar-refractivity contribution in [3.8, 4) is 0 Å². The first-order valence-electron chi connectivity index (χ1n) is 9.05. The maximum atomic E-state index is 11.5. The zero-order chi connectivity index (χ0) is 15.9. The molecule has 0 saturated heterocycles. The van der Waals surface area contributed by atoms with Gasteiger partial charge in [-0.15, -0.1) is 0 Å². The van der Waals surface area contributed by atoms with E-state index in [-0.39, 0.29) is 5.97 Å². The molecule has 0 unspecified atom stereocenters. The number of ether oxygens (including phenoxy) is 1. The van der Waals surface area contributed by atoms with Crippen LogP contribution in [0.2, 0.25) is 0 Å². The summed E-state index contributed by atoms with van der Waals surface area (Å²) >= 11 is 0. The quantitative estimate of drug-likeness (QED) is 0.306. The van der Waals surface area contributed by atoms with E-state index in [1.807, 2.05) is 0 Å². The number of carbonyl (C=O) groups excluding carboxylic acids is 1. The number of rotatable bonds is 14. The molecule has 1 aromatic heterocycles. The van der Waals surface area contributed by atoms with Crippen molar-refractivity contribution in [1.82, 2.24) is 0 Å². The van der Waals surface area contributed by atoms with Gasteiger partial charge in [0.05, 0.1) is 12.9 Å². The molecule has 0 saturated carbocycles. The van der Waals surface area contributed by atoms with Crippen molar-refractivity contribution in [2.75, 3.05) is 6.61 Å². The van der Waals surface area contributed by atoms with Crippen molar-refractivity contribution in [1.29, 1.82) is 0 Å². The van der Waals surface area contributed by atoms with Crippen molar-refractivity contribution in [2.45, 2.75) is 84.0 Å². The minimum atomic E-state index is -0.354. The Kier molecular flexibility index (Phi) is 11.5. The number of carbonyl (C=O) groups is 1. The smallest absolute Gasteiger partial charge is 0.374 e. The van der Waals surface area contributed by atoms with Crippen LogP contribution in [-0.2, 0) is 4.74 Å². The van der Waals surface area contributed by atoms with Crippen molar-refractivity contribution in [3.63, 3.8) is 0 Å². The molecule has 0 fully saturated rings. The van der Waals surface area contributed by atoms with Crippen LogP contribution in [0.3, 0.4) is 0 Å². The van der Waals surface area contributed by atoms with Crippen LogP contribution in [0.5, 0.6) is 0 Å². The average Bonchev–Trinajstić information content (AvgIpc) is 3.06. The van der Waals surface area contributed by atoms with Crippen molar-refractivity contribution in [2.24, 2.45) is 0 Å². The highest BCUT2D eigenvalue weighted by Crippen LogP contribution is 2.12. The second-order valence-electron chi connectivity index (χ2n) is 6.00. The predicted molar refractivity (Wildman–Crippen MR) is 90.1 cm³/mol. The fourth-order valence-electron chi connectivity index (χ4n) is 2.57. The third-order valence-corrected chi connectivity index (χ3v) is 3.95. The Balaban J connectivity index is 1.77. The van der Waals surface area contributed by atoms with Crippen LogP contribution >= 0.6 is 0 Å². The van der Waals surface area contributed by atoms with Crippen molar-refractivity contribution >= 4 is 5.97 Å². The number of hydrogen-bond acceptors (Lipinski definition) is 3. The second-order valence-corrected chi connectivity index (χ2v) is 6.00. The van der Waals surface area contributed by atoms with E-state index in [9.17, 15) is 4.79 Å². The highest BCUT2D eigenvalue weighted by molar-refractivity contribution is 5.86. The molecule has 0 spiro atoms. The molecule has 0 aliphatic rings. The van der Waals surface area contributed by atoms with Gasteiger partial charge in [-0.25, -0.2) is 4.79 Å². The van der Waals surface area contributed by atoms with E-state index >= 15 is 0 Å². The minimum Gasteiger partial charge on any atom is -0.460 e. The summed E-state index contributed by atoms with van der Waals surface area (Å²) in [6.45, 7) is 2.76. The first-order chi connectivity index (χ1) is 10.8. The maximum Gasteiger partial charge on any atom is 0.374 e. The number of esters is 1. The van der Waals surface area contributed by atoms with Gasteiger partial charge in [0.2, 0.25) is 5.76 Å². The average molecular weight is 308 g/mol. The SMILES string of the molecule is CCCCCCCCCCCCCCOC(=O)c1ccco1. The molecular formula is C19H32O3. The molecule has 126 valence electrons. The third kappa shape index (κ3) is 9.64. The van der Waals surface area contributed by atoms with Gasteiger partial charge < -0.3 is 9.15 Å². The summed E-state index contributed by atoms with van der Waals surface area (Å²) in [5, 5.41) is 0. The van der Waals surface area contributed by atoms with Crippen LogP contribution in [0.15, 0.2) is 22.8 Å². The summed E-state index contributed by atoms with van der Waals surface area (Å²) in [7, 11) is 0. The van der Waals surface area contributed by atoms with Crippen LogP contribution in [-0.4, -0.2) is 12.6 Å². The molecular weight excluding hydrogens is 276 g/mol. The monoisotopic (exact) mass is 308 g/mol. The summed E-state index contributed by atoms with van der Waals surface area (Å²) in [6.07, 6.45) is 17.2. The highest BCUT2D eigenvalue weighted by Gasteiger charge is 2.08. The fraction of sp³-hybridized carbons (Fsp3) is 0.737. The number of furan rings is 1. The van der Waals surface area contributed by atoms with Gasteiger partial charge in [0.25, 0.3) is 0 Å². The molecule has 1 rings (SSSR count). The molecule has 0 atom stereocenters. The number of hydrogen-bond donors (Lipinski definition) is 0. The summed E-state index contributed by atoms with van der Waals surface area (Å²) < 4.78 is 10.1. The lowest BCUT2D eigenvalue weighted by atomic mass is 10.1. The predicted octanol–water partition coefficient (Wildman–Crippen LogP) is 6.14. The molecule has 0 amide bonds. The Bertz CT molecular complexity index is 357. The first kappa shape index (κ1) is 18.8. The largest absolute Gasteiger partial charge is 0.460 e. The fourth-order valence-corrected chi connectivity index (χ4v) is 2.57. The summed E-state index contributed by atoms with van der Waals surface area (Å²) in [4.78, 5) is 11.5. The van der Waals surface area contributed by atoms with Gasteiger partial charge in [-0.3, -0.25) is 0 Å². The van der Waals surface area contributed by atoms with Gasteiger partial charge in [-0.05, 0) is 18.6 Å². The van der Waals surface area contributed by atoms with Crippen LogP contribution < -0.4 is 0 Å². The molecule has 0 bridgehead atoms. The summed E-state index contributed by atoms with van der Waals surface area (Å²) in [6, 6.07) is 3.32. The van der Waals surface area contributed by atoms with E-state index in [2.05, 4.69) is 6.92 Å². The molecule has 3 heteroatoms. The Labute approximate surface area is 135 Å².